The zero-order valence-electron chi connectivity index (χ0n) is 8.56. The van der Waals surface area contributed by atoms with Crippen molar-refractivity contribution in [2.45, 2.75) is 41.0 Å². The van der Waals surface area contributed by atoms with Crippen LogP contribution in [0.4, 0.5) is 0 Å². The smallest absolute Gasteiger partial charge is 0.0900 e. The first-order chi connectivity index (χ1) is 5.38. The molecule has 0 aliphatic carbocycles. The van der Waals surface area contributed by atoms with Crippen LogP contribution >= 0.6 is 11.3 Å². The van der Waals surface area contributed by atoms with Gasteiger partial charge in [0.1, 0.15) is 0 Å². The summed E-state index contributed by atoms with van der Waals surface area (Å²) in [5.41, 5.74) is 1.59. The SMILES string of the molecule is Cc1nc(C)c(CC(C)(C)C)s1. The number of thiazole rings is 1. The molecule has 1 aromatic rings. The highest BCUT2D eigenvalue weighted by Crippen LogP contribution is 2.26. The fraction of sp³-hybridized carbons (Fsp3) is 0.700. The summed E-state index contributed by atoms with van der Waals surface area (Å²) >= 11 is 1.83. The summed E-state index contributed by atoms with van der Waals surface area (Å²) in [5.74, 6) is 0. The van der Waals surface area contributed by atoms with Crippen molar-refractivity contribution in [3.05, 3.63) is 15.6 Å². The maximum absolute atomic E-state index is 4.41. The maximum atomic E-state index is 4.41. The normalized spacial score (nSPS) is 12.1. The van der Waals surface area contributed by atoms with Gasteiger partial charge >= 0.3 is 0 Å². The lowest BCUT2D eigenvalue weighted by Crippen LogP contribution is -2.08. The van der Waals surface area contributed by atoms with Gasteiger partial charge in [0.05, 0.1) is 10.7 Å². The second-order valence-corrected chi connectivity index (χ2v) is 5.77. The van der Waals surface area contributed by atoms with Crippen molar-refractivity contribution in [1.82, 2.24) is 4.98 Å². The van der Waals surface area contributed by atoms with Crippen LogP contribution in [0.25, 0.3) is 0 Å². The van der Waals surface area contributed by atoms with Crippen LogP contribution in [-0.2, 0) is 6.42 Å². The van der Waals surface area contributed by atoms with Crippen molar-refractivity contribution in [3.63, 3.8) is 0 Å². The Hall–Kier alpha value is -0.370. The summed E-state index contributed by atoms with van der Waals surface area (Å²) in [6.45, 7) is 11.0. The van der Waals surface area contributed by atoms with Crippen LogP contribution in [0.15, 0.2) is 0 Å². The van der Waals surface area contributed by atoms with Crippen LogP contribution in [0.5, 0.6) is 0 Å². The van der Waals surface area contributed by atoms with E-state index >= 15 is 0 Å². The number of rotatable bonds is 1. The molecule has 12 heavy (non-hydrogen) atoms. The van der Waals surface area contributed by atoms with Gasteiger partial charge < -0.3 is 0 Å². The quantitative estimate of drug-likeness (QED) is 0.650. The number of hydrogen-bond donors (Lipinski definition) is 0. The van der Waals surface area contributed by atoms with Crippen molar-refractivity contribution < 1.29 is 0 Å². The molecule has 1 rings (SSSR count). The molecule has 0 N–H and O–H groups in total. The van der Waals surface area contributed by atoms with Crippen molar-refractivity contribution in [2.24, 2.45) is 5.41 Å². The van der Waals surface area contributed by atoms with Gasteiger partial charge in [0.25, 0.3) is 0 Å². The molecule has 2 heteroatoms. The minimum atomic E-state index is 0.379. The van der Waals surface area contributed by atoms with E-state index in [1.807, 2.05) is 11.3 Å². The van der Waals surface area contributed by atoms with E-state index in [0.717, 1.165) is 6.42 Å². The molecule has 0 aromatic carbocycles. The molecule has 0 fully saturated rings. The summed E-state index contributed by atoms with van der Waals surface area (Å²) in [5, 5.41) is 1.19. The molecular weight excluding hydrogens is 166 g/mol. The van der Waals surface area contributed by atoms with Gasteiger partial charge in [-0.15, -0.1) is 11.3 Å². The second kappa shape index (κ2) is 3.17. The zero-order chi connectivity index (χ0) is 9.35. The van der Waals surface area contributed by atoms with Gasteiger partial charge in [0.15, 0.2) is 0 Å². The minimum Gasteiger partial charge on any atom is -0.247 e. The van der Waals surface area contributed by atoms with Gasteiger partial charge in [0, 0.05) is 4.88 Å². The van der Waals surface area contributed by atoms with Gasteiger partial charge in [-0.1, -0.05) is 20.8 Å². The first kappa shape index (κ1) is 9.72. The summed E-state index contributed by atoms with van der Waals surface area (Å²) in [6, 6.07) is 0. The van der Waals surface area contributed by atoms with E-state index in [4.69, 9.17) is 0 Å². The van der Waals surface area contributed by atoms with Crippen LogP contribution in [-0.4, -0.2) is 4.98 Å². The third-order valence-corrected chi connectivity index (χ3v) is 2.76. The molecule has 0 atom stereocenters. The highest BCUT2D eigenvalue weighted by Gasteiger charge is 2.15. The van der Waals surface area contributed by atoms with Crippen molar-refractivity contribution in [3.8, 4) is 0 Å². The fourth-order valence-electron chi connectivity index (χ4n) is 1.22. The Balaban J connectivity index is 2.82. The Morgan fingerprint density at radius 1 is 1.25 bits per heavy atom. The van der Waals surface area contributed by atoms with Gasteiger partial charge in [-0.05, 0) is 25.7 Å². The van der Waals surface area contributed by atoms with Crippen LogP contribution in [0.2, 0.25) is 0 Å². The standard InChI is InChI=1S/C10H17NS/c1-7-9(6-10(3,4)5)12-8(2)11-7/h6H2,1-5H3. The molecule has 0 aliphatic heterocycles. The van der Waals surface area contributed by atoms with Crippen LogP contribution < -0.4 is 0 Å². The minimum absolute atomic E-state index is 0.379. The Bertz CT molecular complexity index is 268. The van der Waals surface area contributed by atoms with Crippen molar-refractivity contribution in [1.29, 1.82) is 0 Å². The van der Waals surface area contributed by atoms with Crippen LogP contribution in [0.1, 0.15) is 36.3 Å². The summed E-state index contributed by atoms with van der Waals surface area (Å²) in [6.07, 6.45) is 1.14. The lowest BCUT2D eigenvalue weighted by molar-refractivity contribution is 0.413. The second-order valence-electron chi connectivity index (χ2n) is 4.48. The number of nitrogens with zero attached hydrogens (tertiary/aromatic N) is 1. The molecule has 0 saturated carbocycles. The van der Waals surface area contributed by atoms with E-state index < -0.39 is 0 Å². The largest absolute Gasteiger partial charge is 0.247 e. The lowest BCUT2D eigenvalue weighted by Gasteiger charge is -2.16. The van der Waals surface area contributed by atoms with Crippen molar-refractivity contribution >= 4 is 11.3 Å². The highest BCUT2D eigenvalue weighted by molar-refractivity contribution is 7.11. The molecule has 0 saturated heterocycles. The Morgan fingerprint density at radius 2 is 1.83 bits per heavy atom. The Morgan fingerprint density at radius 3 is 2.17 bits per heavy atom. The molecule has 0 unspecified atom stereocenters. The third-order valence-electron chi connectivity index (χ3n) is 1.69. The zero-order valence-corrected chi connectivity index (χ0v) is 9.38. The molecule has 1 aromatic heterocycles. The van der Waals surface area contributed by atoms with E-state index in [-0.39, 0.29) is 0 Å². The Labute approximate surface area is 78.8 Å². The third kappa shape index (κ3) is 2.59. The van der Waals surface area contributed by atoms with Gasteiger partial charge in [-0.25, -0.2) is 4.98 Å². The van der Waals surface area contributed by atoms with E-state index in [1.165, 1.54) is 15.6 Å². The first-order valence-electron chi connectivity index (χ1n) is 4.31. The van der Waals surface area contributed by atoms with E-state index in [2.05, 4.69) is 39.6 Å². The first-order valence-corrected chi connectivity index (χ1v) is 5.13. The number of hydrogen-bond acceptors (Lipinski definition) is 2. The molecule has 1 nitrogen and oxygen atoms in total. The molecular formula is C10H17NS. The Kier molecular flexibility index (Phi) is 2.57. The summed E-state index contributed by atoms with van der Waals surface area (Å²) in [4.78, 5) is 5.86. The molecule has 0 radical (unpaired) electrons. The topological polar surface area (TPSA) is 12.9 Å². The predicted molar refractivity (Wildman–Crippen MR) is 54.7 cm³/mol. The van der Waals surface area contributed by atoms with E-state index in [1.54, 1.807) is 0 Å². The summed E-state index contributed by atoms with van der Waals surface area (Å²) < 4.78 is 0. The maximum Gasteiger partial charge on any atom is 0.0900 e. The summed E-state index contributed by atoms with van der Waals surface area (Å²) in [7, 11) is 0. The average Bonchev–Trinajstić information content (AvgIpc) is 2.06. The predicted octanol–water partition coefficient (Wildman–Crippen LogP) is 3.35. The molecule has 68 valence electrons. The van der Waals surface area contributed by atoms with Gasteiger partial charge in [-0.2, -0.15) is 0 Å². The number of aryl methyl sites for hydroxylation is 2. The molecule has 1 heterocycles. The fourth-order valence-corrected chi connectivity index (χ4v) is 2.46. The molecule has 0 bridgehead atoms. The van der Waals surface area contributed by atoms with Gasteiger partial charge in [-0.3, -0.25) is 0 Å². The number of aromatic nitrogens is 1. The van der Waals surface area contributed by atoms with E-state index in [0.29, 0.717) is 5.41 Å². The lowest BCUT2D eigenvalue weighted by atomic mass is 9.91. The van der Waals surface area contributed by atoms with Gasteiger partial charge in [0.2, 0.25) is 0 Å². The average molecular weight is 183 g/mol. The molecule has 0 spiro atoms. The molecule has 0 amide bonds. The van der Waals surface area contributed by atoms with Crippen LogP contribution in [0.3, 0.4) is 0 Å². The van der Waals surface area contributed by atoms with Crippen molar-refractivity contribution in [2.75, 3.05) is 0 Å². The molecule has 0 aliphatic rings. The monoisotopic (exact) mass is 183 g/mol. The van der Waals surface area contributed by atoms with Crippen LogP contribution in [0, 0.1) is 19.3 Å². The highest BCUT2D eigenvalue weighted by atomic mass is 32.1. The van der Waals surface area contributed by atoms with E-state index in [9.17, 15) is 0 Å².